The van der Waals surface area contributed by atoms with Crippen LogP contribution >= 0.6 is 0 Å². The fourth-order valence-corrected chi connectivity index (χ4v) is 2.43. The summed E-state index contributed by atoms with van der Waals surface area (Å²) in [4.78, 5) is 12.0. The maximum atomic E-state index is 12.9. The molecule has 2 rings (SSSR count). The van der Waals surface area contributed by atoms with Crippen LogP contribution in [0.25, 0.3) is 0 Å². The van der Waals surface area contributed by atoms with Gasteiger partial charge >= 0.3 is 0 Å². The summed E-state index contributed by atoms with van der Waals surface area (Å²) in [6.07, 6.45) is 5.20. The predicted octanol–water partition coefficient (Wildman–Crippen LogP) is 3.08. The molecule has 0 heterocycles. The smallest absolute Gasteiger partial charge is 0.253 e. The Morgan fingerprint density at radius 3 is 2.75 bits per heavy atom. The van der Waals surface area contributed by atoms with Crippen LogP contribution in [-0.2, 0) is 9.53 Å². The third kappa shape index (κ3) is 3.93. The number of amides is 1. The monoisotopic (exact) mass is 280 g/mol. The van der Waals surface area contributed by atoms with Crippen molar-refractivity contribution in [3.63, 3.8) is 0 Å². The molecule has 0 aromatic heterocycles. The number of ether oxygens (including phenoxy) is 1. The van der Waals surface area contributed by atoms with Crippen molar-refractivity contribution < 1.29 is 13.9 Å². The zero-order valence-electron chi connectivity index (χ0n) is 11.7. The highest BCUT2D eigenvalue weighted by Crippen LogP contribution is 2.23. The second-order valence-corrected chi connectivity index (χ2v) is 5.26. The molecule has 5 heteroatoms. The number of rotatable bonds is 4. The lowest BCUT2D eigenvalue weighted by atomic mass is 9.97. The molecule has 1 fully saturated rings. The highest BCUT2D eigenvalue weighted by molar-refractivity contribution is 5.96. The zero-order valence-corrected chi connectivity index (χ0v) is 11.7. The van der Waals surface area contributed by atoms with Crippen LogP contribution in [0.4, 0.5) is 15.8 Å². The summed E-state index contributed by atoms with van der Waals surface area (Å²) in [5.41, 5.74) is 6.28. The standard InChI is InChI=1S/C15H21FN2O2/c1-10(20-12-5-3-2-4-6-12)15(19)18-14-8-7-11(16)9-13(14)17/h7-10,12H,2-6,17H2,1H3,(H,18,19). The van der Waals surface area contributed by atoms with Gasteiger partial charge in [0.25, 0.3) is 5.91 Å². The highest BCUT2D eigenvalue weighted by Gasteiger charge is 2.21. The van der Waals surface area contributed by atoms with Crippen LogP contribution < -0.4 is 11.1 Å². The Bertz CT molecular complexity index is 473. The second kappa shape index (κ2) is 6.70. The molecule has 0 radical (unpaired) electrons. The van der Waals surface area contributed by atoms with Gasteiger partial charge in [0.1, 0.15) is 11.9 Å². The van der Waals surface area contributed by atoms with E-state index < -0.39 is 11.9 Å². The quantitative estimate of drug-likeness (QED) is 0.833. The third-order valence-electron chi connectivity index (χ3n) is 3.59. The molecule has 1 saturated carbocycles. The number of carbonyl (C=O) groups is 1. The molecule has 1 aromatic rings. The van der Waals surface area contributed by atoms with Crippen molar-refractivity contribution in [3.05, 3.63) is 24.0 Å². The Labute approximate surface area is 118 Å². The van der Waals surface area contributed by atoms with Gasteiger partial charge in [-0.15, -0.1) is 0 Å². The van der Waals surface area contributed by atoms with Crippen molar-refractivity contribution in [1.82, 2.24) is 0 Å². The van der Waals surface area contributed by atoms with Gasteiger partial charge in [-0.1, -0.05) is 19.3 Å². The van der Waals surface area contributed by atoms with E-state index in [1.165, 1.54) is 24.6 Å². The van der Waals surface area contributed by atoms with Gasteiger partial charge in [0.05, 0.1) is 17.5 Å². The minimum absolute atomic E-state index is 0.162. The molecular weight excluding hydrogens is 259 g/mol. The number of halogens is 1. The van der Waals surface area contributed by atoms with Crippen LogP contribution in [0.5, 0.6) is 0 Å². The molecule has 4 nitrogen and oxygen atoms in total. The molecule has 1 aliphatic rings. The number of benzene rings is 1. The highest BCUT2D eigenvalue weighted by atomic mass is 19.1. The average Bonchev–Trinajstić information content (AvgIpc) is 2.43. The van der Waals surface area contributed by atoms with Crippen molar-refractivity contribution >= 4 is 17.3 Å². The number of nitrogen functional groups attached to an aromatic ring is 1. The first kappa shape index (κ1) is 14.8. The Balaban J connectivity index is 1.89. The molecule has 20 heavy (non-hydrogen) atoms. The third-order valence-corrected chi connectivity index (χ3v) is 3.59. The van der Waals surface area contributed by atoms with E-state index in [1.54, 1.807) is 6.92 Å². The van der Waals surface area contributed by atoms with Gasteiger partial charge in [-0.05, 0) is 38.0 Å². The molecule has 1 amide bonds. The van der Waals surface area contributed by atoms with Crippen LogP contribution in [-0.4, -0.2) is 18.1 Å². The van der Waals surface area contributed by atoms with E-state index in [0.29, 0.717) is 5.69 Å². The van der Waals surface area contributed by atoms with E-state index in [2.05, 4.69) is 5.32 Å². The molecule has 1 unspecified atom stereocenters. The Hall–Kier alpha value is -1.62. The number of nitrogens with two attached hydrogens (primary N) is 1. The average molecular weight is 280 g/mol. The van der Waals surface area contributed by atoms with E-state index in [9.17, 15) is 9.18 Å². The summed E-state index contributed by atoms with van der Waals surface area (Å²) in [7, 11) is 0. The summed E-state index contributed by atoms with van der Waals surface area (Å²) >= 11 is 0. The lowest BCUT2D eigenvalue weighted by Crippen LogP contribution is -2.32. The van der Waals surface area contributed by atoms with Crippen molar-refractivity contribution in [2.75, 3.05) is 11.1 Å². The molecule has 1 aromatic carbocycles. The SMILES string of the molecule is CC(OC1CCCCC1)C(=O)Nc1ccc(F)cc1N. The van der Waals surface area contributed by atoms with Gasteiger partial charge in [-0.2, -0.15) is 0 Å². The summed E-state index contributed by atoms with van der Waals surface area (Å²) in [5.74, 6) is -0.680. The number of hydrogen-bond donors (Lipinski definition) is 2. The number of hydrogen-bond acceptors (Lipinski definition) is 3. The number of nitrogens with one attached hydrogen (secondary N) is 1. The molecule has 0 aliphatic heterocycles. The zero-order chi connectivity index (χ0) is 14.5. The van der Waals surface area contributed by atoms with Gasteiger partial charge < -0.3 is 15.8 Å². The second-order valence-electron chi connectivity index (χ2n) is 5.26. The van der Waals surface area contributed by atoms with Crippen LogP contribution in [0, 0.1) is 5.82 Å². The normalized spacial score (nSPS) is 17.7. The van der Waals surface area contributed by atoms with Crippen molar-refractivity contribution in [3.8, 4) is 0 Å². The number of carbonyl (C=O) groups excluding carboxylic acids is 1. The van der Waals surface area contributed by atoms with Gasteiger partial charge in [-0.3, -0.25) is 4.79 Å². The molecule has 0 bridgehead atoms. The Morgan fingerprint density at radius 2 is 2.10 bits per heavy atom. The fraction of sp³-hybridized carbons (Fsp3) is 0.533. The van der Waals surface area contributed by atoms with Crippen molar-refractivity contribution in [2.24, 2.45) is 0 Å². The molecule has 3 N–H and O–H groups in total. The molecule has 1 aliphatic carbocycles. The van der Waals surface area contributed by atoms with E-state index in [4.69, 9.17) is 10.5 Å². The minimum atomic E-state index is -0.539. The maximum absolute atomic E-state index is 12.9. The Kier molecular flexibility index (Phi) is 4.95. The van der Waals surface area contributed by atoms with Crippen LogP contribution in [0.15, 0.2) is 18.2 Å². The Morgan fingerprint density at radius 1 is 1.40 bits per heavy atom. The fourth-order valence-electron chi connectivity index (χ4n) is 2.43. The van der Waals surface area contributed by atoms with E-state index >= 15 is 0 Å². The molecule has 1 atom stereocenters. The lowest BCUT2D eigenvalue weighted by Gasteiger charge is -2.25. The summed E-state index contributed by atoms with van der Waals surface area (Å²) in [6, 6.07) is 3.90. The molecule has 110 valence electrons. The first-order chi connectivity index (χ1) is 9.56. The summed E-state index contributed by atoms with van der Waals surface area (Å²) < 4.78 is 18.7. The first-order valence-corrected chi connectivity index (χ1v) is 7.07. The van der Waals surface area contributed by atoms with Crippen LogP contribution in [0.3, 0.4) is 0 Å². The van der Waals surface area contributed by atoms with Crippen LogP contribution in [0.2, 0.25) is 0 Å². The minimum Gasteiger partial charge on any atom is -0.397 e. The van der Waals surface area contributed by atoms with Crippen molar-refractivity contribution in [2.45, 2.75) is 51.2 Å². The molecule has 0 spiro atoms. The van der Waals surface area contributed by atoms with Crippen molar-refractivity contribution in [1.29, 1.82) is 0 Å². The van der Waals surface area contributed by atoms with Gasteiger partial charge in [0, 0.05) is 0 Å². The van der Waals surface area contributed by atoms with Gasteiger partial charge in [0.15, 0.2) is 0 Å². The van der Waals surface area contributed by atoms with Gasteiger partial charge in [-0.25, -0.2) is 4.39 Å². The van der Waals surface area contributed by atoms with Gasteiger partial charge in [0.2, 0.25) is 0 Å². The number of anilines is 2. The van der Waals surface area contributed by atoms with E-state index in [1.807, 2.05) is 0 Å². The maximum Gasteiger partial charge on any atom is 0.253 e. The topological polar surface area (TPSA) is 64.3 Å². The largest absolute Gasteiger partial charge is 0.397 e. The van der Waals surface area contributed by atoms with E-state index in [0.717, 1.165) is 25.7 Å². The lowest BCUT2D eigenvalue weighted by molar-refractivity contribution is -0.131. The predicted molar refractivity (Wildman–Crippen MR) is 76.9 cm³/mol. The summed E-state index contributed by atoms with van der Waals surface area (Å²) in [5, 5.41) is 2.67. The first-order valence-electron chi connectivity index (χ1n) is 7.07. The van der Waals surface area contributed by atoms with Crippen LogP contribution in [0.1, 0.15) is 39.0 Å². The molecule has 0 saturated heterocycles. The van der Waals surface area contributed by atoms with E-state index in [-0.39, 0.29) is 17.7 Å². The molecular formula is C15H21FN2O2. The summed E-state index contributed by atoms with van der Waals surface area (Å²) in [6.45, 7) is 1.73.